The summed E-state index contributed by atoms with van der Waals surface area (Å²) >= 11 is 0. The average Bonchev–Trinajstić information content (AvgIpc) is 3.30. The van der Waals surface area contributed by atoms with Gasteiger partial charge in [0, 0.05) is 19.2 Å². The van der Waals surface area contributed by atoms with E-state index >= 15 is 0 Å². The van der Waals surface area contributed by atoms with Crippen molar-refractivity contribution in [3.05, 3.63) is 53.2 Å². The first-order valence-corrected chi connectivity index (χ1v) is 10.3. The minimum Gasteiger partial charge on any atom is -0.469 e. The number of hydrogen-bond acceptors (Lipinski definition) is 5. The SMILES string of the molecule is Cn1nc(C(=O)NC2CCNCC2)c2ccc(OC3CCc4ccccc43)nc21. The summed E-state index contributed by atoms with van der Waals surface area (Å²) < 4.78 is 7.85. The topological polar surface area (TPSA) is 81.1 Å². The molecule has 3 aromatic rings. The molecule has 2 N–H and O–H groups in total. The second kappa shape index (κ2) is 7.48. The fraction of sp³-hybridized carbons (Fsp3) is 0.409. The highest BCUT2D eigenvalue weighted by Gasteiger charge is 2.25. The number of piperidine rings is 1. The highest BCUT2D eigenvalue weighted by molar-refractivity contribution is 6.04. The number of carbonyl (C=O) groups excluding carboxylic acids is 1. The summed E-state index contributed by atoms with van der Waals surface area (Å²) in [5.41, 5.74) is 3.66. The summed E-state index contributed by atoms with van der Waals surface area (Å²) in [4.78, 5) is 17.4. The Morgan fingerprint density at radius 3 is 2.86 bits per heavy atom. The second-order valence-electron chi connectivity index (χ2n) is 7.83. The molecule has 1 fully saturated rings. The van der Waals surface area contributed by atoms with Crippen LogP contribution in [0.4, 0.5) is 0 Å². The number of carbonyl (C=O) groups is 1. The van der Waals surface area contributed by atoms with Gasteiger partial charge in [0.2, 0.25) is 5.88 Å². The van der Waals surface area contributed by atoms with Crippen molar-refractivity contribution in [2.75, 3.05) is 13.1 Å². The van der Waals surface area contributed by atoms with Crippen molar-refractivity contribution in [1.82, 2.24) is 25.4 Å². The predicted molar refractivity (Wildman–Crippen MR) is 110 cm³/mol. The van der Waals surface area contributed by atoms with Crippen LogP contribution in [0.1, 0.15) is 47.0 Å². The van der Waals surface area contributed by atoms with Crippen molar-refractivity contribution >= 4 is 16.9 Å². The number of aromatic nitrogens is 3. The number of rotatable bonds is 4. The Balaban J connectivity index is 1.37. The number of benzene rings is 1. The van der Waals surface area contributed by atoms with Gasteiger partial charge in [-0.15, -0.1) is 0 Å². The molecule has 1 saturated heterocycles. The highest BCUT2D eigenvalue weighted by Crippen LogP contribution is 2.34. The normalized spacial score (nSPS) is 19.3. The van der Waals surface area contributed by atoms with E-state index in [1.807, 2.05) is 25.2 Å². The summed E-state index contributed by atoms with van der Waals surface area (Å²) in [6, 6.07) is 12.3. The van der Waals surface area contributed by atoms with E-state index in [1.54, 1.807) is 4.68 Å². The molecule has 1 aliphatic carbocycles. The lowest BCUT2D eigenvalue weighted by atomic mass is 10.1. The maximum Gasteiger partial charge on any atom is 0.272 e. The van der Waals surface area contributed by atoms with Crippen LogP contribution in [0.2, 0.25) is 0 Å². The Morgan fingerprint density at radius 2 is 2.00 bits per heavy atom. The van der Waals surface area contributed by atoms with Gasteiger partial charge in [0.25, 0.3) is 5.91 Å². The number of nitrogens with one attached hydrogen (secondary N) is 2. The molecule has 0 bridgehead atoms. The summed E-state index contributed by atoms with van der Waals surface area (Å²) in [7, 11) is 1.81. The van der Waals surface area contributed by atoms with E-state index in [9.17, 15) is 4.79 Å². The molecular weight excluding hydrogens is 366 g/mol. The van der Waals surface area contributed by atoms with Gasteiger partial charge in [-0.1, -0.05) is 24.3 Å². The van der Waals surface area contributed by atoms with E-state index in [4.69, 9.17) is 4.74 Å². The van der Waals surface area contributed by atoms with E-state index < -0.39 is 0 Å². The molecule has 7 heteroatoms. The second-order valence-corrected chi connectivity index (χ2v) is 7.83. The van der Waals surface area contributed by atoms with E-state index in [2.05, 4.69) is 38.9 Å². The number of hydrogen-bond donors (Lipinski definition) is 2. The van der Waals surface area contributed by atoms with E-state index in [0.29, 0.717) is 17.2 Å². The van der Waals surface area contributed by atoms with Crippen LogP contribution in [0, 0.1) is 0 Å². The molecule has 29 heavy (non-hydrogen) atoms. The minimum absolute atomic E-state index is 0.0204. The van der Waals surface area contributed by atoms with Gasteiger partial charge in [-0.3, -0.25) is 4.79 Å². The monoisotopic (exact) mass is 391 g/mol. The number of ether oxygens (including phenoxy) is 1. The van der Waals surface area contributed by atoms with Crippen LogP contribution >= 0.6 is 0 Å². The van der Waals surface area contributed by atoms with Gasteiger partial charge in [-0.25, -0.2) is 4.68 Å². The number of fused-ring (bicyclic) bond motifs is 2. The molecule has 0 saturated carbocycles. The third-order valence-electron chi connectivity index (χ3n) is 5.89. The Morgan fingerprint density at radius 1 is 1.17 bits per heavy atom. The summed E-state index contributed by atoms with van der Waals surface area (Å²) in [5, 5.41) is 11.6. The molecule has 7 nitrogen and oxygen atoms in total. The van der Waals surface area contributed by atoms with E-state index in [1.165, 1.54) is 11.1 Å². The smallest absolute Gasteiger partial charge is 0.272 e. The molecule has 0 spiro atoms. The third kappa shape index (κ3) is 3.46. The molecule has 1 aromatic carbocycles. The van der Waals surface area contributed by atoms with Gasteiger partial charge < -0.3 is 15.4 Å². The minimum atomic E-state index is -0.136. The quantitative estimate of drug-likeness (QED) is 0.714. The molecule has 1 amide bonds. The van der Waals surface area contributed by atoms with Gasteiger partial charge in [0.1, 0.15) is 6.10 Å². The molecule has 5 rings (SSSR count). The van der Waals surface area contributed by atoms with Crippen molar-refractivity contribution in [2.24, 2.45) is 7.05 Å². The van der Waals surface area contributed by atoms with Gasteiger partial charge in [-0.05, 0) is 56.0 Å². The summed E-state index contributed by atoms with van der Waals surface area (Å²) in [6.45, 7) is 1.86. The lowest BCUT2D eigenvalue weighted by Gasteiger charge is -2.23. The van der Waals surface area contributed by atoms with Crippen molar-refractivity contribution in [1.29, 1.82) is 0 Å². The maximum absolute atomic E-state index is 12.8. The molecule has 0 radical (unpaired) electrons. The van der Waals surface area contributed by atoms with E-state index in [-0.39, 0.29) is 18.1 Å². The van der Waals surface area contributed by atoms with Gasteiger partial charge in [-0.2, -0.15) is 10.1 Å². The van der Waals surface area contributed by atoms with Crippen LogP contribution < -0.4 is 15.4 Å². The zero-order chi connectivity index (χ0) is 19.8. The lowest BCUT2D eigenvalue weighted by Crippen LogP contribution is -2.42. The molecule has 2 aromatic heterocycles. The molecule has 2 aliphatic rings. The first-order chi connectivity index (χ1) is 14.2. The zero-order valence-electron chi connectivity index (χ0n) is 16.5. The lowest BCUT2D eigenvalue weighted by molar-refractivity contribution is 0.0925. The van der Waals surface area contributed by atoms with Crippen molar-refractivity contribution in [3.8, 4) is 5.88 Å². The summed E-state index contributed by atoms with van der Waals surface area (Å²) in [5.74, 6) is 0.426. The Labute approximate surface area is 169 Å². The number of nitrogens with zero attached hydrogens (tertiary/aromatic N) is 3. The first kappa shape index (κ1) is 18.1. The fourth-order valence-corrected chi connectivity index (χ4v) is 4.35. The standard InChI is InChI=1S/C22H25N5O2/c1-27-21-17(20(26-27)22(28)24-15-10-12-23-13-11-15)7-9-19(25-21)29-18-8-6-14-4-2-3-5-16(14)18/h2-5,7,9,15,18,23H,6,8,10-13H2,1H3,(H,24,28). The molecule has 1 atom stereocenters. The Kier molecular flexibility index (Phi) is 4.67. The van der Waals surface area contributed by atoms with Crippen LogP contribution in [-0.4, -0.2) is 39.8 Å². The van der Waals surface area contributed by atoms with Crippen molar-refractivity contribution in [3.63, 3.8) is 0 Å². The molecule has 3 heterocycles. The van der Waals surface area contributed by atoms with Gasteiger partial charge in [0.15, 0.2) is 11.3 Å². The van der Waals surface area contributed by atoms with Crippen LogP contribution in [0.3, 0.4) is 0 Å². The molecule has 1 unspecified atom stereocenters. The Hall–Kier alpha value is -2.93. The first-order valence-electron chi connectivity index (χ1n) is 10.3. The molecule has 1 aliphatic heterocycles. The molecule has 150 valence electrons. The van der Waals surface area contributed by atoms with Gasteiger partial charge >= 0.3 is 0 Å². The third-order valence-corrected chi connectivity index (χ3v) is 5.89. The van der Waals surface area contributed by atoms with E-state index in [0.717, 1.165) is 44.2 Å². The Bertz CT molecular complexity index is 1050. The predicted octanol–water partition coefficient (Wildman–Crippen LogP) is 2.52. The zero-order valence-corrected chi connectivity index (χ0v) is 16.5. The van der Waals surface area contributed by atoms with Crippen LogP contribution in [0.15, 0.2) is 36.4 Å². The maximum atomic E-state index is 12.8. The van der Waals surface area contributed by atoms with Gasteiger partial charge in [0.05, 0.1) is 5.39 Å². The van der Waals surface area contributed by atoms with Crippen LogP contribution in [-0.2, 0) is 13.5 Å². The highest BCUT2D eigenvalue weighted by atomic mass is 16.5. The summed E-state index contributed by atoms with van der Waals surface area (Å²) in [6.07, 6.45) is 3.88. The number of pyridine rings is 1. The largest absolute Gasteiger partial charge is 0.469 e. The number of aryl methyl sites for hydroxylation is 2. The van der Waals surface area contributed by atoms with Crippen molar-refractivity contribution < 1.29 is 9.53 Å². The average molecular weight is 391 g/mol. The van der Waals surface area contributed by atoms with Crippen molar-refractivity contribution in [2.45, 2.75) is 37.8 Å². The van der Waals surface area contributed by atoms with Crippen LogP contribution in [0.5, 0.6) is 5.88 Å². The number of amides is 1. The molecular formula is C22H25N5O2. The fourth-order valence-electron chi connectivity index (χ4n) is 4.35. The van der Waals surface area contributed by atoms with Crippen LogP contribution in [0.25, 0.3) is 11.0 Å².